The highest BCUT2D eigenvalue weighted by molar-refractivity contribution is 5.95. The van der Waals surface area contributed by atoms with Crippen LogP contribution in [0.25, 0.3) is 0 Å². The smallest absolute Gasteiger partial charge is 0.292 e. The van der Waals surface area contributed by atoms with E-state index in [-0.39, 0.29) is 11.6 Å². The summed E-state index contributed by atoms with van der Waals surface area (Å²) in [5.41, 5.74) is 0.740. The third-order valence-electron chi connectivity index (χ3n) is 3.32. The molecular formula is C14H22N4O3. The molecule has 0 aliphatic heterocycles. The summed E-state index contributed by atoms with van der Waals surface area (Å²) in [6, 6.07) is 4.32. The van der Waals surface area contributed by atoms with Gasteiger partial charge in [0.1, 0.15) is 5.69 Å². The van der Waals surface area contributed by atoms with Crippen LogP contribution in [-0.4, -0.2) is 49.0 Å². The zero-order chi connectivity index (χ0) is 15.8. The number of carbonyl (C=O) groups excluding carboxylic acids is 1. The lowest BCUT2D eigenvalue weighted by Gasteiger charge is -2.18. The summed E-state index contributed by atoms with van der Waals surface area (Å²) in [5, 5.41) is 16.6. The average Bonchev–Trinajstić information content (AvgIpc) is 2.50. The number of hydrogen-bond acceptors (Lipinski definition) is 5. The first kappa shape index (κ1) is 16.9. The Morgan fingerprint density at radius 3 is 2.52 bits per heavy atom. The van der Waals surface area contributed by atoms with Gasteiger partial charge in [-0.1, -0.05) is 13.8 Å². The first-order valence-corrected chi connectivity index (χ1v) is 7.00. The monoisotopic (exact) mass is 294 g/mol. The number of nitrogens with one attached hydrogen (secondary N) is 2. The predicted octanol–water partition coefficient (Wildman–Crippen LogP) is 1.71. The molecule has 0 aromatic heterocycles. The number of anilines is 1. The Labute approximate surface area is 124 Å². The molecule has 1 aromatic rings. The van der Waals surface area contributed by atoms with Gasteiger partial charge in [0, 0.05) is 31.8 Å². The van der Waals surface area contributed by atoms with Crippen molar-refractivity contribution in [3.63, 3.8) is 0 Å². The van der Waals surface area contributed by atoms with Gasteiger partial charge in [0.15, 0.2) is 0 Å². The van der Waals surface area contributed by atoms with Crippen LogP contribution in [0.2, 0.25) is 0 Å². The van der Waals surface area contributed by atoms with E-state index in [0.717, 1.165) is 19.6 Å². The van der Waals surface area contributed by atoms with Crippen molar-refractivity contribution in [1.29, 1.82) is 0 Å². The summed E-state index contributed by atoms with van der Waals surface area (Å²) in [7, 11) is 1.53. The summed E-state index contributed by atoms with van der Waals surface area (Å²) < 4.78 is 0. The van der Waals surface area contributed by atoms with Gasteiger partial charge in [0.05, 0.1) is 4.92 Å². The molecule has 0 saturated carbocycles. The average molecular weight is 294 g/mol. The zero-order valence-corrected chi connectivity index (χ0v) is 12.7. The summed E-state index contributed by atoms with van der Waals surface area (Å²) in [5.74, 6) is -0.267. The fourth-order valence-corrected chi connectivity index (χ4v) is 2.01. The van der Waals surface area contributed by atoms with Gasteiger partial charge >= 0.3 is 0 Å². The highest BCUT2D eigenvalue weighted by atomic mass is 16.6. The second-order valence-corrected chi connectivity index (χ2v) is 4.52. The highest BCUT2D eigenvalue weighted by Gasteiger charge is 2.16. The van der Waals surface area contributed by atoms with Gasteiger partial charge in [0.2, 0.25) is 0 Å². The van der Waals surface area contributed by atoms with Crippen LogP contribution < -0.4 is 10.6 Å². The van der Waals surface area contributed by atoms with Crippen molar-refractivity contribution in [3.8, 4) is 0 Å². The summed E-state index contributed by atoms with van der Waals surface area (Å²) in [4.78, 5) is 24.4. The third kappa shape index (κ3) is 4.71. The Kier molecular flexibility index (Phi) is 6.61. The van der Waals surface area contributed by atoms with E-state index in [4.69, 9.17) is 0 Å². The first-order chi connectivity index (χ1) is 10.0. The molecule has 21 heavy (non-hydrogen) atoms. The van der Waals surface area contributed by atoms with Crippen molar-refractivity contribution in [2.24, 2.45) is 0 Å². The molecule has 0 fully saturated rings. The topological polar surface area (TPSA) is 87.5 Å². The normalized spacial score (nSPS) is 10.5. The van der Waals surface area contributed by atoms with Crippen LogP contribution >= 0.6 is 0 Å². The Morgan fingerprint density at radius 1 is 1.33 bits per heavy atom. The molecule has 0 saturated heterocycles. The standard InChI is InChI=1S/C14H22N4O3/c1-4-17(5-2)9-8-16-12-10-11(14(19)15-3)6-7-13(12)18(20)21/h6-7,10,16H,4-5,8-9H2,1-3H3,(H,15,19). The fourth-order valence-electron chi connectivity index (χ4n) is 2.01. The van der Waals surface area contributed by atoms with Crippen LogP contribution in [0.1, 0.15) is 24.2 Å². The lowest BCUT2D eigenvalue weighted by atomic mass is 10.1. The van der Waals surface area contributed by atoms with Crippen molar-refractivity contribution in [2.75, 3.05) is 38.5 Å². The molecule has 1 rings (SSSR count). The molecule has 0 radical (unpaired) electrons. The lowest BCUT2D eigenvalue weighted by molar-refractivity contribution is -0.384. The number of nitrogens with zero attached hydrogens (tertiary/aromatic N) is 2. The van der Waals surface area contributed by atoms with E-state index in [2.05, 4.69) is 29.4 Å². The molecule has 0 spiro atoms. The second-order valence-electron chi connectivity index (χ2n) is 4.52. The van der Waals surface area contributed by atoms with Crippen molar-refractivity contribution in [2.45, 2.75) is 13.8 Å². The molecule has 1 amide bonds. The van der Waals surface area contributed by atoms with Crippen LogP contribution in [0.4, 0.5) is 11.4 Å². The van der Waals surface area contributed by atoms with Gasteiger partial charge < -0.3 is 15.5 Å². The van der Waals surface area contributed by atoms with Gasteiger partial charge in [-0.25, -0.2) is 0 Å². The highest BCUT2D eigenvalue weighted by Crippen LogP contribution is 2.25. The molecule has 0 aliphatic rings. The van der Waals surface area contributed by atoms with Crippen LogP contribution in [0.3, 0.4) is 0 Å². The first-order valence-electron chi connectivity index (χ1n) is 7.00. The quantitative estimate of drug-likeness (QED) is 0.563. The van der Waals surface area contributed by atoms with Crippen molar-refractivity contribution in [1.82, 2.24) is 10.2 Å². The van der Waals surface area contributed by atoms with E-state index in [9.17, 15) is 14.9 Å². The Bertz CT molecular complexity index is 501. The van der Waals surface area contributed by atoms with Gasteiger partial charge in [0.25, 0.3) is 11.6 Å². The minimum Gasteiger partial charge on any atom is -0.378 e. The van der Waals surface area contributed by atoms with E-state index in [0.29, 0.717) is 17.8 Å². The van der Waals surface area contributed by atoms with Crippen molar-refractivity contribution >= 4 is 17.3 Å². The predicted molar refractivity (Wildman–Crippen MR) is 82.8 cm³/mol. The fraction of sp³-hybridized carbons (Fsp3) is 0.500. The number of nitro benzene ring substituents is 1. The van der Waals surface area contributed by atoms with E-state index < -0.39 is 4.92 Å². The maximum Gasteiger partial charge on any atom is 0.292 e. The number of nitro groups is 1. The summed E-state index contributed by atoms with van der Waals surface area (Å²) in [6.07, 6.45) is 0. The van der Waals surface area contributed by atoms with Gasteiger partial charge in [-0.05, 0) is 25.2 Å². The minimum absolute atomic E-state index is 0.0257. The largest absolute Gasteiger partial charge is 0.378 e. The molecular weight excluding hydrogens is 272 g/mol. The molecule has 7 heteroatoms. The summed E-state index contributed by atoms with van der Waals surface area (Å²) in [6.45, 7) is 7.36. The molecule has 1 aromatic carbocycles. The zero-order valence-electron chi connectivity index (χ0n) is 12.7. The second kappa shape index (κ2) is 8.21. The maximum atomic E-state index is 11.6. The number of amides is 1. The van der Waals surface area contributed by atoms with Crippen LogP contribution in [-0.2, 0) is 0 Å². The van der Waals surface area contributed by atoms with Crippen LogP contribution in [0.5, 0.6) is 0 Å². The van der Waals surface area contributed by atoms with Crippen molar-refractivity contribution < 1.29 is 9.72 Å². The molecule has 0 aliphatic carbocycles. The molecule has 0 bridgehead atoms. The number of hydrogen-bond donors (Lipinski definition) is 2. The van der Waals surface area contributed by atoms with Gasteiger partial charge in [-0.3, -0.25) is 14.9 Å². The molecule has 116 valence electrons. The Hall–Kier alpha value is -2.15. The molecule has 0 atom stereocenters. The Morgan fingerprint density at radius 2 is 2.00 bits per heavy atom. The van der Waals surface area contributed by atoms with Gasteiger partial charge in [-0.2, -0.15) is 0 Å². The van der Waals surface area contributed by atoms with E-state index in [1.54, 1.807) is 0 Å². The number of rotatable bonds is 8. The van der Waals surface area contributed by atoms with Crippen LogP contribution in [0, 0.1) is 10.1 Å². The summed E-state index contributed by atoms with van der Waals surface area (Å²) >= 11 is 0. The molecule has 7 nitrogen and oxygen atoms in total. The van der Waals surface area contributed by atoms with E-state index in [1.165, 1.54) is 25.2 Å². The van der Waals surface area contributed by atoms with E-state index >= 15 is 0 Å². The molecule has 0 heterocycles. The lowest BCUT2D eigenvalue weighted by Crippen LogP contribution is -2.28. The number of carbonyl (C=O) groups is 1. The molecule has 2 N–H and O–H groups in total. The van der Waals surface area contributed by atoms with E-state index in [1.807, 2.05) is 0 Å². The minimum atomic E-state index is -0.451. The molecule has 0 unspecified atom stereocenters. The number of likely N-dealkylation sites (N-methyl/N-ethyl adjacent to an activating group) is 1. The van der Waals surface area contributed by atoms with Crippen LogP contribution in [0.15, 0.2) is 18.2 Å². The maximum absolute atomic E-state index is 11.6. The third-order valence-corrected chi connectivity index (χ3v) is 3.32. The number of benzene rings is 1. The van der Waals surface area contributed by atoms with Crippen molar-refractivity contribution in [3.05, 3.63) is 33.9 Å². The Balaban J connectivity index is 2.86. The van der Waals surface area contributed by atoms with Gasteiger partial charge in [-0.15, -0.1) is 0 Å². The SMILES string of the molecule is CCN(CC)CCNc1cc(C(=O)NC)ccc1[N+](=O)[O-].